The average Bonchev–Trinajstić information content (AvgIpc) is 2.69. The number of aromatic nitrogens is 2. The molecule has 0 amide bonds. The molecule has 3 nitrogen and oxygen atoms in total. The monoisotopic (exact) mass is 227 g/mol. The molecule has 2 aromatic rings. The summed E-state index contributed by atoms with van der Waals surface area (Å²) in [7, 11) is 0. The summed E-state index contributed by atoms with van der Waals surface area (Å²) < 4.78 is 39.5. The van der Waals surface area contributed by atoms with Gasteiger partial charge in [-0.3, -0.25) is 0 Å². The lowest BCUT2D eigenvalue weighted by Gasteiger charge is -2.13. The maximum atomic E-state index is 12.7. The summed E-state index contributed by atoms with van der Waals surface area (Å²) in [5.74, 6) is 0. The summed E-state index contributed by atoms with van der Waals surface area (Å²) in [5, 5.41) is 0. The van der Waals surface area contributed by atoms with Gasteiger partial charge in [-0.1, -0.05) is 0 Å². The van der Waals surface area contributed by atoms with Crippen molar-refractivity contribution in [1.29, 1.82) is 0 Å². The Balaban J connectivity index is 2.62. The molecule has 1 heterocycles. The van der Waals surface area contributed by atoms with Crippen molar-refractivity contribution in [3.63, 3.8) is 0 Å². The van der Waals surface area contributed by atoms with E-state index in [-0.39, 0.29) is 11.4 Å². The van der Waals surface area contributed by atoms with Crippen LogP contribution in [0.3, 0.4) is 0 Å². The number of nitrogens with zero attached hydrogens (tertiary/aromatic N) is 2. The predicted molar refractivity (Wildman–Crippen MR) is 53.0 cm³/mol. The Kier molecular flexibility index (Phi) is 2.34. The van der Waals surface area contributed by atoms with E-state index in [9.17, 15) is 13.2 Å². The standard InChI is InChI=1S/C10H8F3N3/c11-10(12,13)8-5-7(14)1-2-9(8)16-4-3-15-6-16/h1-6H,14H2. The number of hydrogen-bond donors (Lipinski definition) is 1. The molecule has 2 N–H and O–H groups in total. The normalized spacial score (nSPS) is 11.7. The summed E-state index contributed by atoms with van der Waals surface area (Å²) in [4.78, 5) is 3.71. The first-order valence-corrected chi connectivity index (χ1v) is 4.43. The first-order chi connectivity index (χ1) is 7.48. The molecule has 0 atom stereocenters. The molecular weight excluding hydrogens is 219 g/mol. The first kappa shape index (κ1) is 10.5. The molecule has 84 valence electrons. The van der Waals surface area contributed by atoms with Crippen molar-refractivity contribution >= 4 is 5.69 Å². The van der Waals surface area contributed by atoms with E-state index in [4.69, 9.17) is 5.73 Å². The molecule has 0 bridgehead atoms. The number of benzene rings is 1. The maximum absolute atomic E-state index is 12.7. The lowest BCUT2D eigenvalue weighted by Crippen LogP contribution is -2.10. The van der Waals surface area contributed by atoms with Crippen LogP contribution >= 0.6 is 0 Å². The van der Waals surface area contributed by atoms with Crippen molar-refractivity contribution < 1.29 is 13.2 Å². The van der Waals surface area contributed by atoms with Gasteiger partial charge in [-0.05, 0) is 18.2 Å². The van der Waals surface area contributed by atoms with Crippen LogP contribution < -0.4 is 5.73 Å². The zero-order valence-electron chi connectivity index (χ0n) is 8.07. The minimum absolute atomic E-state index is 0.0131. The third-order valence-electron chi connectivity index (χ3n) is 2.11. The topological polar surface area (TPSA) is 43.8 Å². The van der Waals surface area contributed by atoms with Gasteiger partial charge in [0.15, 0.2) is 0 Å². The summed E-state index contributed by atoms with van der Waals surface area (Å²) in [5.41, 5.74) is 4.67. The second kappa shape index (κ2) is 3.55. The Morgan fingerprint density at radius 2 is 2.00 bits per heavy atom. The van der Waals surface area contributed by atoms with Gasteiger partial charge in [0.05, 0.1) is 17.6 Å². The molecule has 0 saturated heterocycles. The summed E-state index contributed by atoms with van der Waals surface area (Å²) in [6.07, 6.45) is -0.271. The van der Waals surface area contributed by atoms with E-state index in [1.165, 1.54) is 35.4 Å². The number of halogens is 3. The van der Waals surface area contributed by atoms with Gasteiger partial charge < -0.3 is 10.3 Å². The fourth-order valence-corrected chi connectivity index (χ4v) is 1.41. The second-order valence-electron chi connectivity index (χ2n) is 3.24. The molecule has 0 unspecified atom stereocenters. The number of anilines is 1. The van der Waals surface area contributed by atoms with Crippen LogP contribution in [0.25, 0.3) is 5.69 Å². The Morgan fingerprint density at radius 3 is 2.56 bits per heavy atom. The van der Waals surface area contributed by atoms with Crippen LogP contribution in [0.2, 0.25) is 0 Å². The highest BCUT2D eigenvalue weighted by Gasteiger charge is 2.34. The predicted octanol–water partition coefficient (Wildman–Crippen LogP) is 2.47. The van der Waals surface area contributed by atoms with Crippen LogP contribution in [-0.4, -0.2) is 9.55 Å². The van der Waals surface area contributed by atoms with E-state index in [1.807, 2.05) is 0 Å². The van der Waals surface area contributed by atoms with Crippen LogP contribution in [0.5, 0.6) is 0 Å². The highest BCUT2D eigenvalue weighted by molar-refractivity contribution is 5.52. The third-order valence-corrected chi connectivity index (χ3v) is 2.11. The molecule has 0 radical (unpaired) electrons. The minimum atomic E-state index is -4.44. The Labute approximate surface area is 89.3 Å². The van der Waals surface area contributed by atoms with Crippen molar-refractivity contribution in [2.24, 2.45) is 0 Å². The van der Waals surface area contributed by atoms with Gasteiger partial charge in [0.25, 0.3) is 0 Å². The average molecular weight is 227 g/mol. The van der Waals surface area contributed by atoms with Gasteiger partial charge in [-0.25, -0.2) is 4.98 Å². The van der Waals surface area contributed by atoms with Crippen molar-refractivity contribution in [3.8, 4) is 5.69 Å². The molecule has 2 rings (SSSR count). The molecule has 0 fully saturated rings. The molecule has 1 aromatic carbocycles. The molecule has 0 saturated carbocycles. The van der Waals surface area contributed by atoms with E-state index in [0.29, 0.717) is 0 Å². The zero-order chi connectivity index (χ0) is 11.8. The SMILES string of the molecule is Nc1ccc(-n2ccnc2)c(C(F)(F)F)c1. The summed E-state index contributed by atoms with van der Waals surface area (Å²) in [6.45, 7) is 0. The van der Waals surface area contributed by atoms with Crippen LogP contribution in [0.1, 0.15) is 5.56 Å². The maximum Gasteiger partial charge on any atom is 0.418 e. The highest BCUT2D eigenvalue weighted by atomic mass is 19.4. The van der Waals surface area contributed by atoms with E-state index in [0.717, 1.165) is 6.07 Å². The van der Waals surface area contributed by atoms with Crippen molar-refractivity contribution in [2.75, 3.05) is 5.73 Å². The number of nitrogens with two attached hydrogens (primary N) is 1. The zero-order valence-corrected chi connectivity index (χ0v) is 8.07. The highest BCUT2D eigenvalue weighted by Crippen LogP contribution is 2.34. The van der Waals surface area contributed by atoms with Crippen LogP contribution in [0.15, 0.2) is 36.9 Å². The Hall–Kier alpha value is -1.98. The molecule has 6 heteroatoms. The molecule has 0 aliphatic carbocycles. The lowest BCUT2D eigenvalue weighted by molar-refractivity contribution is -0.137. The summed E-state index contributed by atoms with van der Waals surface area (Å²) >= 11 is 0. The number of nitrogen functional groups attached to an aromatic ring is 1. The van der Waals surface area contributed by atoms with Crippen molar-refractivity contribution in [1.82, 2.24) is 9.55 Å². The molecule has 0 aliphatic rings. The lowest BCUT2D eigenvalue weighted by atomic mass is 10.1. The fourth-order valence-electron chi connectivity index (χ4n) is 1.41. The van der Waals surface area contributed by atoms with E-state index in [2.05, 4.69) is 4.98 Å². The van der Waals surface area contributed by atoms with E-state index in [1.54, 1.807) is 0 Å². The number of alkyl halides is 3. The largest absolute Gasteiger partial charge is 0.418 e. The van der Waals surface area contributed by atoms with Crippen molar-refractivity contribution in [3.05, 3.63) is 42.5 Å². The van der Waals surface area contributed by atoms with E-state index < -0.39 is 11.7 Å². The van der Waals surface area contributed by atoms with Crippen LogP contribution in [-0.2, 0) is 6.18 Å². The molecular formula is C10H8F3N3. The molecule has 1 aromatic heterocycles. The van der Waals surface area contributed by atoms with Gasteiger partial charge in [0, 0.05) is 18.1 Å². The minimum Gasteiger partial charge on any atom is -0.399 e. The Morgan fingerprint density at radius 1 is 1.25 bits per heavy atom. The van der Waals surface area contributed by atoms with Gasteiger partial charge in [-0.2, -0.15) is 13.2 Å². The number of hydrogen-bond acceptors (Lipinski definition) is 2. The third kappa shape index (κ3) is 1.86. The molecule has 16 heavy (non-hydrogen) atoms. The summed E-state index contributed by atoms with van der Waals surface area (Å²) in [6, 6.07) is 3.65. The van der Waals surface area contributed by atoms with Crippen molar-refractivity contribution in [2.45, 2.75) is 6.18 Å². The molecule has 0 aliphatic heterocycles. The number of rotatable bonds is 1. The Bertz CT molecular complexity index is 489. The van der Waals surface area contributed by atoms with Gasteiger partial charge in [0.1, 0.15) is 0 Å². The smallest absolute Gasteiger partial charge is 0.399 e. The van der Waals surface area contributed by atoms with Crippen LogP contribution in [0, 0.1) is 0 Å². The first-order valence-electron chi connectivity index (χ1n) is 4.43. The van der Waals surface area contributed by atoms with Gasteiger partial charge in [-0.15, -0.1) is 0 Å². The quantitative estimate of drug-likeness (QED) is 0.760. The van der Waals surface area contributed by atoms with Crippen LogP contribution in [0.4, 0.5) is 18.9 Å². The van der Waals surface area contributed by atoms with Gasteiger partial charge >= 0.3 is 6.18 Å². The van der Waals surface area contributed by atoms with E-state index >= 15 is 0 Å². The fraction of sp³-hybridized carbons (Fsp3) is 0.100. The van der Waals surface area contributed by atoms with Gasteiger partial charge in [0.2, 0.25) is 0 Å². The second-order valence-corrected chi connectivity index (χ2v) is 3.24. The number of imidazole rings is 1. The molecule has 0 spiro atoms.